The summed E-state index contributed by atoms with van der Waals surface area (Å²) < 4.78 is 45.7. The van der Waals surface area contributed by atoms with Gasteiger partial charge in [0.1, 0.15) is 11.4 Å². The predicted molar refractivity (Wildman–Crippen MR) is 84.8 cm³/mol. The molecule has 1 N–H and O–H groups in total. The predicted octanol–water partition coefficient (Wildman–Crippen LogP) is 3.03. The van der Waals surface area contributed by atoms with E-state index in [1.165, 1.54) is 21.9 Å². The Morgan fingerprint density at radius 1 is 1.27 bits per heavy atom. The van der Waals surface area contributed by atoms with E-state index in [0.29, 0.717) is 31.6 Å². The number of urea groups is 1. The molecule has 3 amide bonds. The molecule has 0 aromatic heterocycles. The second-order valence-corrected chi connectivity index (χ2v) is 6.43. The van der Waals surface area contributed by atoms with Gasteiger partial charge in [-0.25, -0.2) is 9.59 Å². The van der Waals surface area contributed by atoms with E-state index in [1.54, 1.807) is 7.05 Å². The molecule has 10 heteroatoms. The van der Waals surface area contributed by atoms with Crippen molar-refractivity contribution in [1.29, 1.82) is 0 Å². The van der Waals surface area contributed by atoms with Gasteiger partial charge < -0.3 is 24.6 Å². The zero-order valence-electron chi connectivity index (χ0n) is 14.0. The first-order valence-electron chi connectivity index (χ1n) is 8.02. The summed E-state index contributed by atoms with van der Waals surface area (Å²) in [6.07, 6.45) is -3.81. The first-order valence-corrected chi connectivity index (χ1v) is 8.02. The molecule has 1 atom stereocenters. The fourth-order valence-electron chi connectivity index (χ4n) is 3.22. The molecule has 0 aliphatic carbocycles. The van der Waals surface area contributed by atoms with Gasteiger partial charge in [-0.2, -0.15) is 0 Å². The Hall–Kier alpha value is -2.65. The second-order valence-electron chi connectivity index (χ2n) is 6.43. The zero-order chi connectivity index (χ0) is 18.9. The van der Waals surface area contributed by atoms with E-state index < -0.39 is 24.1 Å². The van der Waals surface area contributed by atoms with Crippen LogP contribution in [0, 0.1) is 0 Å². The Morgan fingerprint density at radius 2 is 1.96 bits per heavy atom. The number of anilines is 1. The first kappa shape index (κ1) is 18.2. The van der Waals surface area contributed by atoms with Crippen LogP contribution in [0.25, 0.3) is 0 Å². The monoisotopic (exact) mass is 373 g/mol. The molecule has 2 aliphatic heterocycles. The molecule has 3 rings (SSSR count). The number of nitrogens with one attached hydrogen (secondary N) is 1. The lowest BCUT2D eigenvalue weighted by molar-refractivity contribution is -0.274. The molecule has 0 saturated carbocycles. The Bertz CT molecular complexity index is 695. The van der Waals surface area contributed by atoms with Gasteiger partial charge in [-0.3, -0.25) is 0 Å². The third-order valence-corrected chi connectivity index (χ3v) is 4.31. The van der Waals surface area contributed by atoms with E-state index in [4.69, 9.17) is 4.74 Å². The number of piperidine rings is 1. The second kappa shape index (κ2) is 6.58. The third-order valence-electron chi connectivity index (χ3n) is 4.31. The highest BCUT2D eigenvalue weighted by atomic mass is 19.4. The van der Waals surface area contributed by atoms with E-state index >= 15 is 0 Å². The number of carbonyl (C=O) groups excluding carboxylic acids is 2. The Kier molecular flexibility index (Phi) is 4.59. The number of likely N-dealkylation sites (N-methyl/N-ethyl adjacent to an activating group) is 1. The molecule has 2 fully saturated rings. The number of alkyl halides is 3. The number of amides is 3. The number of rotatable bonds is 2. The van der Waals surface area contributed by atoms with E-state index in [9.17, 15) is 22.8 Å². The summed E-state index contributed by atoms with van der Waals surface area (Å²) in [6, 6.07) is 4.48. The van der Waals surface area contributed by atoms with E-state index in [2.05, 4.69) is 10.1 Å². The summed E-state index contributed by atoms with van der Waals surface area (Å²) in [5.74, 6) is -0.367. The van der Waals surface area contributed by atoms with Gasteiger partial charge in [-0.05, 0) is 37.1 Å². The number of halogens is 3. The van der Waals surface area contributed by atoms with Crippen molar-refractivity contribution in [2.24, 2.45) is 0 Å². The van der Waals surface area contributed by atoms with Crippen molar-refractivity contribution in [1.82, 2.24) is 9.80 Å². The van der Waals surface area contributed by atoms with Gasteiger partial charge in [0.15, 0.2) is 0 Å². The number of nitrogens with zero attached hydrogens (tertiary/aromatic N) is 2. The van der Waals surface area contributed by atoms with Gasteiger partial charge in [-0.1, -0.05) is 0 Å². The highest BCUT2D eigenvalue weighted by molar-refractivity contribution is 5.89. The highest BCUT2D eigenvalue weighted by Crippen LogP contribution is 2.31. The van der Waals surface area contributed by atoms with Gasteiger partial charge >= 0.3 is 18.5 Å². The summed E-state index contributed by atoms with van der Waals surface area (Å²) in [5.41, 5.74) is -0.365. The zero-order valence-corrected chi connectivity index (χ0v) is 14.0. The van der Waals surface area contributed by atoms with Crippen LogP contribution in [0.3, 0.4) is 0 Å². The van der Waals surface area contributed by atoms with Crippen LogP contribution in [0.2, 0.25) is 0 Å². The van der Waals surface area contributed by atoms with Crippen LogP contribution in [0.1, 0.15) is 12.8 Å². The molecule has 2 heterocycles. The molecule has 7 nitrogen and oxygen atoms in total. The van der Waals surface area contributed by atoms with E-state index in [-0.39, 0.29) is 12.3 Å². The molecule has 0 unspecified atom stereocenters. The molecule has 26 heavy (non-hydrogen) atoms. The fraction of sp³-hybridized carbons (Fsp3) is 0.500. The summed E-state index contributed by atoms with van der Waals surface area (Å²) in [6.45, 7) is 1.19. The minimum atomic E-state index is -4.77. The third kappa shape index (κ3) is 4.12. The maximum absolute atomic E-state index is 12.4. The molecule has 1 aromatic carbocycles. The summed E-state index contributed by atoms with van der Waals surface area (Å²) >= 11 is 0. The average molecular weight is 373 g/mol. The minimum Gasteiger partial charge on any atom is -0.439 e. The van der Waals surface area contributed by atoms with Crippen LogP contribution in [0.4, 0.5) is 28.4 Å². The van der Waals surface area contributed by atoms with E-state index in [1.807, 2.05) is 0 Å². The molecule has 1 aromatic rings. The summed E-state index contributed by atoms with van der Waals surface area (Å²) in [4.78, 5) is 27.1. The standard InChI is InChI=1S/C16H18F3N3O4/c1-21-9-15(26-14(21)24)7-2-8-22(10-15)13(23)20-11-3-5-12(6-4-11)25-16(17,18)19/h3-6H,2,7-10H2,1H3,(H,20,23)/t15-/m0/s1. The summed E-state index contributed by atoms with van der Waals surface area (Å²) in [7, 11) is 1.64. The first-order chi connectivity index (χ1) is 12.2. The molecular formula is C16H18F3N3O4. The highest BCUT2D eigenvalue weighted by Gasteiger charge is 2.47. The number of hydrogen-bond acceptors (Lipinski definition) is 4. The normalized spacial score (nSPS) is 23.2. The van der Waals surface area contributed by atoms with Crippen molar-refractivity contribution in [2.45, 2.75) is 24.8 Å². The van der Waals surface area contributed by atoms with Crippen molar-refractivity contribution in [3.05, 3.63) is 24.3 Å². The minimum absolute atomic E-state index is 0.268. The Labute approximate surface area is 147 Å². The van der Waals surface area contributed by atoms with Crippen molar-refractivity contribution in [2.75, 3.05) is 32.0 Å². The van der Waals surface area contributed by atoms with Gasteiger partial charge in [0.2, 0.25) is 0 Å². The number of likely N-dealkylation sites (tertiary alicyclic amines) is 1. The number of ether oxygens (including phenoxy) is 2. The van der Waals surface area contributed by atoms with Crippen LogP contribution in [-0.4, -0.2) is 60.6 Å². The Balaban J connectivity index is 1.60. The molecular weight excluding hydrogens is 355 g/mol. The fourth-order valence-corrected chi connectivity index (χ4v) is 3.22. The molecule has 2 aliphatic rings. The number of benzene rings is 1. The van der Waals surface area contributed by atoms with Crippen molar-refractivity contribution in [3.63, 3.8) is 0 Å². The summed E-state index contributed by atoms with van der Waals surface area (Å²) in [5, 5.41) is 2.63. The number of carbonyl (C=O) groups is 2. The smallest absolute Gasteiger partial charge is 0.439 e. The van der Waals surface area contributed by atoms with Gasteiger partial charge in [0.05, 0.1) is 13.1 Å². The lowest BCUT2D eigenvalue weighted by Crippen LogP contribution is -2.53. The molecule has 142 valence electrons. The van der Waals surface area contributed by atoms with Crippen LogP contribution < -0.4 is 10.1 Å². The SMILES string of the molecule is CN1C[C@]2(CCCN(C(=O)Nc3ccc(OC(F)(F)F)cc3)C2)OC1=O. The maximum Gasteiger partial charge on any atom is 0.573 e. The lowest BCUT2D eigenvalue weighted by Gasteiger charge is -2.38. The molecule has 0 radical (unpaired) electrons. The van der Waals surface area contributed by atoms with Crippen LogP contribution >= 0.6 is 0 Å². The van der Waals surface area contributed by atoms with Gasteiger partial charge in [0.25, 0.3) is 0 Å². The van der Waals surface area contributed by atoms with Crippen molar-refractivity contribution < 1.29 is 32.2 Å². The number of hydrogen-bond donors (Lipinski definition) is 1. The molecule has 1 spiro atoms. The van der Waals surface area contributed by atoms with Crippen LogP contribution in [-0.2, 0) is 4.74 Å². The van der Waals surface area contributed by atoms with Crippen LogP contribution in [0.5, 0.6) is 5.75 Å². The topological polar surface area (TPSA) is 71.1 Å². The van der Waals surface area contributed by atoms with Crippen LogP contribution in [0.15, 0.2) is 24.3 Å². The van der Waals surface area contributed by atoms with Gasteiger partial charge in [-0.15, -0.1) is 13.2 Å². The van der Waals surface area contributed by atoms with Crippen molar-refractivity contribution >= 4 is 17.8 Å². The molecule has 0 bridgehead atoms. The lowest BCUT2D eigenvalue weighted by atomic mass is 9.93. The van der Waals surface area contributed by atoms with Crippen molar-refractivity contribution in [3.8, 4) is 5.75 Å². The maximum atomic E-state index is 12.4. The average Bonchev–Trinajstić information content (AvgIpc) is 2.81. The van der Waals surface area contributed by atoms with Gasteiger partial charge in [0, 0.05) is 19.3 Å². The Morgan fingerprint density at radius 3 is 2.54 bits per heavy atom. The molecule has 2 saturated heterocycles. The quantitative estimate of drug-likeness (QED) is 0.865. The van der Waals surface area contributed by atoms with E-state index in [0.717, 1.165) is 12.1 Å². The largest absolute Gasteiger partial charge is 0.573 e.